The van der Waals surface area contributed by atoms with Gasteiger partial charge in [0.2, 0.25) is 0 Å². The normalized spacial score (nSPS) is 26.0. The summed E-state index contributed by atoms with van der Waals surface area (Å²) in [5.41, 5.74) is 0.957. The van der Waals surface area contributed by atoms with Crippen LogP contribution < -0.4 is 5.32 Å². The number of benzene rings is 1. The van der Waals surface area contributed by atoms with Crippen LogP contribution in [0.15, 0.2) is 22.7 Å². The monoisotopic (exact) mass is 336 g/mol. The van der Waals surface area contributed by atoms with E-state index >= 15 is 0 Å². The number of nitrogens with one attached hydrogen (secondary N) is 1. The predicted molar refractivity (Wildman–Crippen MR) is 84.5 cm³/mol. The second kappa shape index (κ2) is 6.60. The van der Waals surface area contributed by atoms with Gasteiger partial charge in [-0.05, 0) is 65.7 Å². The zero-order chi connectivity index (χ0) is 14.6. The van der Waals surface area contributed by atoms with Gasteiger partial charge in [-0.2, -0.15) is 5.26 Å². The van der Waals surface area contributed by atoms with Gasteiger partial charge in [-0.3, -0.25) is 0 Å². The highest BCUT2D eigenvalue weighted by atomic mass is 79.9. The molecule has 1 aliphatic rings. The molecule has 0 aliphatic heterocycles. The molecule has 20 heavy (non-hydrogen) atoms. The molecule has 0 bridgehead atoms. The minimum absolute atomic E-state index is 0.563. The Balaban J connectivity index is 1.94. The number of halogens is 1. The van der Waals surface area contributed by atoms with Crippen molar-refractivity contribution < 1.29 is 5.11 Å². The van der Waals surface area contributed by atoms with Gasteiger partial charge in [0.15, 0.2) is 0 Å². The van der Waals surface area contributed by atoms with Crippen LogP contribution >= 0.6 is 15.9 Å². The van der Waals surface area contributed by atoms with E-state index in [1.165, 1.54) is 6.42 Å². The highest BCUT2D eigenvalue weighted by molar-refractivity contribution is 9.10. The molecule has 1 aromatic carbocycles. The van der Waals surface area contributed by atoms with Gasteiger partial charge in [-0.1, -0.05) is 13.3 Å². The number of aliphatic hydroxyl groups is 1. The Bertz CT molecular complexity index is 502. The Morgan fingerprint density at radius 2 is 2.15 bits per heavy atom. The van der Waals surface area contributed by atoms with Gasteiger partial charge >= 0.3 is 0 Å². The van der Waals surface area contributed by atoms with Gasteiger partial charge in [-0.15, -0.1) is 0 Å². The van der Waals surface area contributed by atoms with Crippen molar-refractivity contribution in [3.63, 3.8) is 0 Å². The van der Waals surface area contributed by atoms with Gasteiger partial charge in [0.25, 0.3) is 0 Å². The average molecular weight is 337 g/mol. The van der Waals surface area contributed by atoms with E-state index in [1.807, 2.05) is 6.07 Å². The molecule has 108 valence electrons. The Labute approximate surface area is 129 Å². The number of rotatable bonds is 4. The molecule has 1 aromatic rings. The van der Waals surface area contributed by atoms with Crippen LogP contribution in [0.3, 0.4) is 0 Å². The van der Waals surface area contributed by atoms with E-state index in [2.05, 4.69) is 34.2 Å². The van der Waals surface area contributed by atoms with Crippen LogP contribution in [-0.4, -0.2) is 17.3 Å². The number of nitriles is 1. The molecule has 0 heterocycles. The molecular formula is C16H21BrN2O. The van der Waals surface area contributed by atoms with Crippen molar-refractivity contribution in [3.05, 3.63) is 28.2 Å². The SMILES string of the molecule is CCC1CCC(O)(CNc2ccc(C#N)cc2Br)CC1. The van der Waals surface area contributed by atoms with E-state index in [0.717, 1.165) is 41.8 Å². The first-order valence-electron chi connectivity index (χ1n) is 7.22. The van der Waals surface area contributed by atoms with Crippen LogP contribution in [0.4, 0.5) is 5.69 Å². The van der Waals surface area contributed by atoms with Gasteiger partial charge in [0, 0.05) is 16.7 Å². The third-order valence-electron chi connectivity index (χ3n) is 4.32. The number of anilines is 1. The Hall–Kier alpha value is -1.05. The zero-order valence-corrected chi connectivity index (χ0v) is 13.4. The minimum Gasteiger partial charge on any atom is -0.388 e. The summed E-state index contributed by atoms with van der Waals surface area (Å²) in [5, 5.41) is 22.8. The van der Waals surface area contributed by atoms with Crippen molar-refractivity contribution in [1.29, 1.82) is 5.26 Å². The molecule has 1 fully saturated rings. The van der Waals surface area contributed by atoms with Crippen LogP contribution in [-0.2, 0) is 0 Å². The molecule has 0 spiro atoms. The maximum atomic E-state index is 10.6. The summed E-state index contributed by atoms with van der Waals surface area (Å²) in [7, 11) is 0. The summed E-state index contributed by atoms with van der Waals surface area (Å²) >= 11 is 3.46. The standard InChI is InChI=1S/C16H21BrN2O/c1-2-12-5-7-16(20,8-6-12)11-19-15-4-3-13(10-18)9-14(15)17/h3-4,9,12,19-20H,2,5-8,11H2,1H3. The highest BCUT2D eigenvalue weighted by Gasteiger charge is 2.32. The second-order valence-corrected chi connectivity index (χ2v) is 6.59. The first kappa shape index (κ1) is 15.3. The molecule has 0 radical (unpaired) electrons. The van der Waals surface area contributed by atoms with Crippen molar-refractivity contribution in [3.8, 4) is 6.07 Å². The third-order valence-corrected chi connectivity index (χ3v) is 4.98. The van der Waals surface area contributed by atoms with Crippen molar-refractivity contribution in [2.75, 3.05) is 11.9 Å². The minimum atomic E-state index is -0.598. The molecule has 0 aromatic heterocycles. The Kier molecular flexibility index (Phi) is 5.06. The molecule has 4 heteroatoms. The lowest BCUT2D eigenvalue weighted by Gasteiger charge is -2.36. The van der Waals surface area contributed by atoms with Gasteiger partial charge in [-0.25, -0.2) is 0 Å². The number of hydrogen-bond acceptors (Lipinski definition) is 3. The van der Waals surface area contributed by atoms with E-state index < -0.39 is 5.60 Å². The fraction of sp³-hybridized carbons (Fsp3) is 0.562. The molecule has 0 amide bonds. The van der Waals surface area contributed by atoms with Gasteiger partial charge < -0.3 is 10.4 Å². The predicted octanol–water partition coefficient (Wildman–Crippen LogP) is 4.06. The molecule has 0 atom stereocenters. The van der Waals surface area contributed by atoms with Gasteiger partial charge in [0.1, 0.15) is 0 Å². The lowest BCUT2D eigenvalue weighted by atomic mass is 9.78. The van der Waals surface area contributed by atoms with Crippen LogP contribution in [0.25, 0.3) is 0 Å². The summed E-state index contributed by atoms with van der Waals surface area (Å²) < 4.78 is 0.863. The summed E-state index contributed by atoms with van der Waals surface area (Å²) in [6.07, 6.45) is 5.18. The van der Waals surface area contributed by atoms with E-state index in [-0.39, 0.29) is 0 Å². The molecule has 0 unspecified atom stereocenters. The summed E-state index contributed by atoms with van der Waals surface area (Å²) in [6.45, 7) is 2.79. The van der Waals surface area contributed by atoms with Crippen LogP contribution in [0.1, 0.15) is 44.6 Å². The lowest BCUT2D eigenvalue weighted by molar-refractivity contribution is 0.00228. The first-order chi connectivity index (χ1) is 9.56. The van der Waals surface area contributed by atoms with E-state index in [1.54, 1.807) is 12.1 Å². The summed E-state index contributed by atoms with van der Waals surface area (Å²) in [6, 6.07) is 7.57. The quantitative estimate of drug-likeness (QED) is 0.871. The van der Waals surface area contributed by atoms with Crippen LogP contribution in [0.5, 0.6) is 0 Å². The molecule has 3 nitrogen and oxygen atoms in total. The highest BCUT2D eigenvalue weighted by Crippen LogP contribution is 2.34. The van der Waals surface area contributed by atoms with E-state index in [4.69, 9.17) is 5.26 Å². The maximum absolute atomic E-state index is 10.6. The smallest absolute Gasteiger partial charge is 0.0992 e. The molecule has 1 saturated carbocycles. The van der Waals surface area contributed by atoms with Crippen molar-refractivity contribution in [2.24, 2.45) is 5.92 Å². The van der Waals surface area contributed by atoms with E-state index in [9.17, 15) is 5.11 Å². The van der Waals surface area contributed by atoms with Crippen molar-refractivity contribution >= 4 is 21.6 Å². The molecule has 0 saturated heterocycles. The van der Waals surface area contributed by atoms with Crippen molar-refractivity contribution in [2.45, 2.75) is 44.6 Å². The third kappa shape index (κ3) is 3.74. The Morgan fingerprint density at radius 1 is 1.45 bits per heavy atom. The molecule has 1 aliphatic carbocycles. The number of nitrogens with zero attached hydrogens (tertiary/aromatic N) is 1. The zero-order valence-electron chi connectivity index (χ0n) is 11.8. The van der Waals surface area contributed by atoms with Crippen LogP contribution in [0.2, 0.25) is 0 Å². The van der Waals surface area contributed by atoms with Crippen LogP contribution in [0, 0.1) is 17.2 Å². The first-order valence-corrected chi connectivity index (χ1v) is 8.01. The van der Waals surface area contributed by atoms with E-state index in [0.29, 0.717) is 12.1 Å². The maximum Gasteiger partial charge on any atom is 0.0992 e. The molecular weight excluding hydrogens is 316 g/mol. The fourth-order valence-electron chi connectivity index (χ4n) is 2.79. The summed E-state index contributed by atoms with van der Waals surface area (Å²) in [5.74, 6) is 0.775. The topological polar surface area (TPSA) is 56.0 Å². The average Bonchev–Trinajstić information content (AvgIpc) is 2.47. The van der Waals surface area contributed by atoms with Gasteiger partial charge in [0.05, 0.1) is 17.2 Å². The fourth-order valence-corrected chi connectivity index (χ4v) is 3.31. The number of hydrogen-bond donors (Lipinski definition) is 2. The molecule has 2 rings (SSSR count). The Morgan fingerprint density at radius 3 is 2.70 bits per heavy atom. The molecule has 2 N–H and O–H groups in total. The summed E-state index contributed by atoms with van der Waals surface area (Å²) in [4.78, 5) is 0. The second-order valence-electron chi connectivity index (χ2n) is 5.74. The lowest BCUT2D eigenvalue weighted by Crippen LogP contribution is -2.40. The largest absolute Gasteiger partial charge is 0.388 e. The van der Waals surface area contributed by atoms with Crippen molar-refractivity contribution in [1.82, 2.24) is 0 Å².